The van der Waals surface area contributed by atoms with Gasteiger partial charge in [-0.05, 0) is 36.4 Å². The molecule has 0 aliphatic carbocycles. The molecule has 0 unspecified atom stereocenters. The number of fused-ring (bicyclic) bond motifs is 1. The Morgan fingerprint density at radius 3 is 2.88 bits per heavy atom. The molecule has 0 aromatic heterocycles. The summed E-state index contributed by atoms with van der Waals surface area (Å²) in [5.41, 5.74) is 1.75. The lowest BCUT2D eigenvalue weighted by atomic mass is 10.1. The molecular weight excluding hydrogens is 344 g/mol. The number of halogens is 1. The first-order valence-electron chi connectivity index (χ1n) is 7.62. The Hall–Kier alpha value is -2.73. The molecule has 0 saturated carbocycles. The summed E-state index contributed by atoms with van der Waals surface area (Å²) in [7, 11) is 3.26. The lowest BCUT2D eigenvalue weighted by molar-refractivity contribution is -0.118. The first kappa shape index (κ1) is 17.1. The van der Waals surface area contributed by atoms with Gasteiger partial charge in [-0.1, -0.05) is 11.6 Å². The Morgan fingerprint density at radius 2 is 2.12 bits per heavy atom. The smallest absolute Gasteiger partial charge is 0.262 e. The Morgan fingerprint density at radius 1 is 1.32 bits per heavy atom. The Balaban J connectivity index is 1.80. The van der Waals surface area contributed by atoms with E-state index in [9.17, 15) is 9.59 Å². The second-order valence-corrected chi connectivity index (χ2v) is 6.10. The molecule has 1 heterocycles. The minimum Gasteiger partial charge on any atom is -0.496 e. The van der Waals surface area contributed by atoms with Crippen molar-refractivity contribution in [2.75, 3.05) is 26.1 Å². The van der Waals surface area contributed by atoms with Crippen molar-refractivity contribution in [1.82, 2.24) is 4.90 Å². The highest BCUT2D eigenvalue weighted by molar-refractivity contribution is 6.30. The number of rotatable bonds is 4. The summed E-state index contributed by atoms with van der Waals surface area (Å²) in [5, 5.41) is 3.27. The molecule has 0 atom stereocenters. The van der Waals surface area contributed by atoms with E-state index < -0.39 is 0 Å². The monoisotopic (exact) mass is 360 g/mol. The van der Waals surface area contributed by atoms with Gasteiger partial charge in [-0.15, -0.1) is 0 Å². The molecule has 1 aliphatic rings. The van der Waals surface area contributed by atoms with Gasteiger partial charge in [0.15, 0.2) is 6.61 Å². The number of nitrogens with zero attached hydrogens (tertiary/aromatic N) is 1. The summed E-state index contributed by atoms with van der Waals surface area (Å²) in [4.78, 5) is 25.7. The van der Waals surface area contributed by atoms with E-state index in [1.54, 1.807) is 55.5 Å². The van der Waals surface area contributed by atoms with E-state index in [1.165, 1.54) is 0 Å². The topological polar surface area (TPSA) is 67.9 Å². The molecule has 2 aromatic rings. The quantitative estimate of drug-likeness (QED) is 0.910. The SMILES string of the molecule is COc1ccc(Cl)cc1CN(C)C(=O)c1ccc2c(c1)NC(=O)CO2. The summed E-state index contributed by atoms with van der Waals surface area (Å²) < 4.78 is 10.6. The Kier molecular flexibility index (Phi) is 4.81. The molecule has 25 heavy (non-hydrogen) atoms. The number of benzene rings is 2. The van der Waals surface area contributed by atoms with Crippen molar-refractivity contribution in [2.24, 2.45) is 0 Å². The van der Waals surface area contributed by atoms with Crippen LogP contribution in [0.25, 0.3) is 0 Å². The van der Waals surface area contributed by atoms with E-state index in [0.717, 1.165) is 5.56 Å². The summed E-state index contributed by atoms with van der Waals surface area (Å²) in [6, 6.07) is 10.2. The van der Waals surface area contributed by atoms with Gasteiger partial charge in [-0.3, -0.25) is 9.59 Å². The number of carbonyl (C=O) groups excluding carboxylic acids is 2. The van der Waals surface area contributed by atoms with Gasteiger partial charge in [0.1, 0.15) is 11.5 Å². The van der Waals surface area contributed by atoms with Crippen LogP contribution >= 0.6 is 11.6 Å². The van der Waals surface area contributed by atoms with Crippen molar-refractivity contribution in [1.29, 1.82) is 0 Å². The maximum atomic E-state index is 12.7. The van der Waals surface area contributed by atoms with Crippen LogP contribution in [0, 0.1) is 0 Å². The van der Waals surface area contributed by atoms with Gasteiger partial charge in [-0.2, -0.15) is 0 Å². The van der Waals surface area contributed by atoms with Crippen LogP contribution in [0.2, 0.25) is 5.02 Å². The zero-order chi connectivity index (χ0) is 18.0. The summed E-state index contributed by atoms with van der Waals surface area (Å²) in [6.45, 7) is 0.317. The summed E-state index contributed by atoms with van der Waals surface area (Å²) >= 11 is 6.03. The van der Waals surface area contributed by atoms with Crippen LogP contribution < -0.4 is 14.8 Å². The molecular formula is C18H17ClN2O4. The van der Waals surface area contributed by atoms with E-state index in [1.807, 2.05) is 0 Å². The fraction of sp³-hybridized carbons (Fsp3) is 0.222. The number of carbonyl (C=O) groups is 2. The average molecular weight is 361 g/mol. The van der Waals surface area contributed by atoms with Crippen LogP contribution in [0.5, 0.6) is 11.5 Å². The summed E-state index contributed by atoms with van der Waals surface area (Å²) in [6.07, 6.45) is 0. The third kappa shape index (κ3) is 3.69. The predicted octanol–water partition coefficient (Wildman–Crippen LogP) is 2.95. The number of methoxy groups -OCH3 is 1. The molecule has 0 fully saturated rings. The largest absolute Gasteiger partial charge is 0.496 e. The lowest BCUT2D eigenvalue weighted by Crippen LogP contribution is -2.28. The van der Waals surface area contributed by atoms with E-state index >= 15 is 0 Å². The second-order valence-electron chi connectivity index (χ2n) is 5.67. The maximum Gasteiger partial charge on any atom is 0.262 e. The Labute approximate surface area is 150 Å². The van der Waals surface area contributed by atoms with Crippen LogP contribution in [0.1, 0.15) is 15.9 Å². The molecule has 0 radical (unpaired) electrons. The number of nitrogens with one attached hydrogen (secondary N) is 1. The van der Waals surface area contributed by atoms with Crippen LogP contribution in [0.15, 0.2) is 36.4 Å². The zero-order valence-corrected chi connectivity index (χ0v) is 14.6. The van der Waals surface area contributed by atoms with Crippen molar-refractivity contribution in [2.45, 2.75) is 6.54 Å². The number of anilines is 1. The first-order valence-corrected chi connectivity index (χ1v) is 8.00. The second kappa shape index (κ2) is 7.03. The number of amides is 2. The van der Waals surface area contributed by atoms with Crippen molar-refractivity contribution in [3.05, 3.63) is 52.5 Å². The van der Waals surface area contributed by atoms with E-state index in [-0.39, 0.29) is 18.4 Å². The lowest BCUT2D eigenvalue weighted by Gasteiger charge is -2.21. The number of hydrogen-bond donors (Lipinski definition) is 1. The molecule has 6 nitrogen and oxygen atoms in total. The van der Waals surface area contributed by atoms with Gasteiger partial charge in [0, 0.05) is 29.7 Å². The van der Waals surface area contributed by atoms with Gasteiger partial charge in [0.05, 0.1) is 12.8 Å². The zero-order valence-electron chi connectivity index (χ0n) is 13.8. The first-order chi connectivity index (χ1) is 12.0. The van der Waals surface area contributed by atoms with E-state index in [2.05, 4.69) is 5.32 Å². The highest BCUT2D eigenvalue weighted by Gasteiger charge is 2.20. The normalized spacial score (nSPS) is 12.7. The fourth-order valence-corrected chi connectivity index (χ4v) is 2.83. The van der Waals surface area contributed by atoms with Gasteiger partial charge in [-0.25, -0.2) is 0 Å². The van der Waals surface area contributed by atoms with Crippen molar-refractivity contribution in [3.8, 4) is 11.5 Å². The van der Waals surface area contributed by atoms with Crippen LogP contribution in [-0.4, -0.2) is 37.5 Å². The highest BCUT2D eigenvalue weighted by Crippen LogP contribution is 2.29. The van der Waals surface area contributed by atoms with Crippen molar-refractivity contribution in [3.63, 3.8) is 0 Å². The van der Waals surface area contributed by atoms with Gasteiger partial charge in [0.2, 0.25) is 0 Å². The average Bonchev–Trinajstić information content (AvgIpc) is 2.60. The highest BCUT2D eigenvalue weighted by atomic mass is 35.5. The molecule has 2 aromatic carbocycles. The fourth-order valence-electron chi connectivity index (χ4n) is 2.63. The number of hydrogen-bond acceptors (Lipinski definition) is 4. The molecule has 1 aliphatic heterocycles. The van der Waals surface area contributed by atoms with Crippen molar-refractivity contribution < 1.29 is 19.1 Å². The molecule has 7 heteroatoms. The minimum absolute atomic E-state index is 0.0191. The molecule has 0 saturated heterocycles. The standard InChI is InChI=1S/C18H17ClN2O4/c1-21(9-12-7-13(19)4-6-15(12)24-2)18(23)11-3-5-16-14(8-11)20-17(22)10-25-16/h3-8H,9-10H2,1-2H3,(H,20,22). The minimum atomic E-state index is -0.242. The third-order valence-corrected chi connectivity index (χ3v) is 4.09. The number of ether oxygens (including phenoxy) is 2. The van der Waals surface area contributed by atoms with E-state index in [0.29, 0.717) is 34.3 Å². The predicted molar refractivity (Wildman–Crippen MR) is 94.4 cm³/mol. The summed E-state index contributed by atoms with van der Waals surface area (Å²) in [5.74, 6) is 0.782. The molecule has 3 rings (SSSR count). The molecule has 130 valence electrons. The Bertz CT molecular complexity index is 838. The van der Waals surface area contributed by atoms with Crippen molar-refractivity contribution >= 4 is 29.1 Å². The molecule has 0 spiro atoms. The van der Waals surface area contributed by atoms with Gasteiger partial charge in [0.25, 0.3) is 11.8 Å². The van der Waals surface area contributed by atoms with Crippen LogP contribution in [0.4, 0.5) is 5.69 Å². The van der Waals surface area contributed by atoms with Crippen LogP contribution in [-0.2, 0) is 11.3 Å². The van der Waals surface area contributed by atoms with Gasteiger partial charge >= 0.3 is 0 Å². The maximum absolute atomic E-state index is 12.7. The molecule has 2 amide bonds. The molecule has 1 N–H and O–H groups in total. The van der Waals surface area contributed by atoms with Crippen LogP contribution in [0.3, 0.4) is 0 Å². The van der Waals surface area contributed by atoms with E-state index in [4.69, 9.17) is 21.1 Å². The third-order valence-electron chi connectivity index (χ3n) is 3.86. The molecule has 0 bridgehead atoms. The van der Waals surface area contributed by atoms with Gasteiger partial charge < -0.3 is 19.7 Å².